The smallest absolute Gasteiger partial charge is 0.157 e. The summed E-state index contributed by atoms with van der Waals surface area (Å²) in [6, 6.07) is 0. The van der Waals surface area contributed by atoms with E-state index >= 15 is 0 Å². The van der Waals surface area contributed by atoms with Gasteiger partial charge in [0.1, 0.15) is 0 Å². The van der Waals surface area contributed by atoms with Crippen LogP contribution < -0.4 is 0 Å². The lowest BCUT2D eigenvalue weighted by atomic mass is 9.80. The molecule has 0 spiro atoms. The predicted octanol–water partition coefficient (Wildman–Crippen LogP) is 3.01. The average Bonchev–Trinajstić information content (AvgIpc) is 1.82. The third-order valence-corrected chi connectivity index (χ3v) is 2.88. The molecular weight excluding hydrogens is 168 g/mol. The number of hydrogen-bond acceptors (Lipinski definition) is 2. The van der Waals surface area contributed by atoms with Crippen molar-refractivity contribution in [3.8, 4) is 0 Å². The Labute approximate surface area is 78.6 Å². The Hall–Kier alpha value is -0.240. The highest BCUT2D eigenvalue weighted by atomic mass is 32.2. The molecule has 0 aromatic carbocycles. The molecule has 0 fully saturated rings. The molecule has 0 heterocycles. The molecule has 0 aromatic rings. The fourth-order valence-electron chi connectivity index (χ4n) is 1.57. The van der Waals surface area contributed by atoms with Gasteiger partial charge in [0, 0.05) is 6.42 Å². The Morgan fingerprint density at radius 1 is 1.50 bits per heavy atom. The van der Waals surface area contributed by atoms with Crippen LogP contribution in [0.25, 0.3) is 0 Å². The Morgan fingerprint density at radius 2 is 2.17 bits per heavy atom. The van der Waals surface area contributed by atoms with Crippen LogP contribution in [-0.4, -0.2) is 11.5 Å². The summed E-state index contributed by atoms with van der Waals surface area (Å²) in [5.41, 5.74) is 0.184. The van der Waals surface area contributed by atoms with E-state index in [0.29, 0.717) is 12.2 Å². The van der Waals surface area contributed by atoms with Gasteiger partial charge in [-0.3, -0.25) is 4.79 Å². The summed E-state index contributed by atoms with van der Waals surface area (Å²) in [6.07, 6.45) is 3.59. The lowest BCUT2D eigenvalue weighted by Gasteiger charge is -2.28. The summed E-state index contributed by atoms with van der Waals surface area (Å²) < 4.78 is 0. The highest BCUT2D eigenvalue weighted by Crippen LogP contribution is 2.37. The van der Waals surface area contributed by atoms with Gasteiger partial charge in [0.15, 0.2) is 5.78 Å². The van der Waals surface area contributed by atoms with E-state index in [4.69, 9.17) is 0 Å². The first-order chi connectivity index (χ1) is 5.53. The van der Waals surface area contributed by atoms with Crippen LogP contribution in [-0.2, 0) is 4.79 Å². The lowest BCUT2D eigenvalue weighted by Crippen LogP contribution is -2.20. The highest BCUT2D eigenvalue weighted by molar-refractivity contribution is 8.03. The molecule has 12 heavy (non-hydrogen) atoms. The van der Waals surface area contributed by atoms with Crippen molar-refractivity contribution in [3.05, 3.63) is 11.0 Å². The van der Waals surface area contributed by atoms with Gasteiger partial charge >= 0.3 is 0 Å². The molecule has 0 saturated heterocycles. The molecule has 0 unspecified atom stereocenters. The van der Waals surface area contributed by atoms with E-state index in [0.717, 1.165) is 12.2 Å². The van der Waals surface area contributed by atoms with E-state index in [1.165, 1.54) is 4.91 Å². The number of allylic oxidation sites excluding steroid dienone is 2. The number of ketones is 1. The van der Waals surface area contributed by atoms with Crippen molar-refractivity contribution in [1.82, 2.24) is 0 Å². The maximum atomic E-state index is 11.3. The maximum Gasteiger partial charge on any atom is 0.157 e. The molecule has 1 aliphatic carbocycles. The molecule has 0 saturated carbocycles. The number of carbonyl (C=O) groups is 1. The van der Waals surface area contributed by atoms with Crippen LogP contribution in [0.1, 0.15) is 33.6 Å². The minimum atomic E-state index is 0.184. The molecule has 0 amide bonds. The van der Waals surface area contributed by atoms with E-state index in [9.17, 15) is 4.79 Å². The first-order valence-corrected chi connectivity index (χ1v) is 5.38. The molecule has 0 atom stereocenters. The van der Waals surface area contributed by atoms with E-state index in [-0.39, 0.29) is 5.41 Å². The van der Waals surface area contributed by atoms with Crippen LogP contribution in [0.15, 0.2) is 11.0 Å². The third-order valence-electron chi connectivity index (χ3n) is 1.96. The fraction of sp³-hybridized carbons (Fsp3) is 0.700. The molecule has 68 valence electrons. The van der Waals surface area contributed by atoms with Gasteiger partial charge in [-0.05, 0) is 28.6 Å². The topological polar surface area (TPSA) is 17.1 Å². The fourth-order valence-corrected chi connectivity index (χ4v) is 2.64. The summed E-state index contributed by atoms with van der Waals surface area (Å²) in [4.78, 5) is 12.5. The second kappa shape index (κ2) is 3.65. The van der Waals surface area contributed by atoms with Crippen molar-refractivity contribution in [2.75, 3.05) is 5.75 Å². The van der Waals surface area contributed by atoms with E-state index in [2.05, 4.69) is 20.8 Å². The van der Waals surface area contributed by atoms with Crippen LogP contribution in [0, 0.1) is 5.41 Å². The van der Waals surface area contributed by atoms with Crippen molar-refractivity contribution in [2.24, 2.45) is 5.41 Å². The van der Waals surface area contributed by atoms with Crippen LogP contribution in [0.2, 0.25) is 0 Å². The second-order valence-corrected chi connectivity index (χ2v) is 5.42. The summed E-state index contributed by atoms with van der Waals surface area (Å²) >= 11 is 1.80. The first-order valence-electron chi connectivity index (χ1n) is 4.40. The van der Waals surface area contributed by atoms with Crippen LogP contribution in [0.5, 0.6) is 0 Å². The number of thioether (sulfide) groups is 1. The SMILES string of the molecule is CCSC1=CC(=O)CC(C)(C)C1. The lowest BCUT2D eigenvalue weighted by molar-refractivity contribution is -0.116. The van der Waals surface area contributed by atoms with Gasteiger partial charge in [0.2, 0.25) is 0 Å². The third kappa shape index (κ3) is 2.67. The van der Waals surface area contributed by atoms with Gasteiger partial charge < -0.3 is 0 Å². The standard InChI is InChI=1S/C10H16OS/c1-4-12-9-5-8(11)6-10(2,3)7-9/h5H,4,6-7H2,1-3H3. The van der Waals surface area contributed by atoms with Crippen LogP contribution in [0.3, 0.4) is 0 Å². The van der Waals surface area contributed by atoms with Gasteiger partial charge in [-0.15, -0.1) is 11.8 Å². The molecule has 0 N–H and O–H groups in total. The van der Waals surface area contributed by atoms with Gasteiger partial charge in [-0.1, -0.05) is 20.8 Å². The number of carbonyl (C=O) groups excluding carboxylic acids is 1. The molecule has 0 radical (unpaired) electrons. The Balaban J connectivity index is 2.69. The van der Waals surface area contributed by atoms with Gasteiger partial charge in [0.05, 0.1) is 0 Å². The van der Waals surface area contributed by atoms with Crippen molar-refractivity contribution in [1.29, 1.82) is 0 Å². The van der Waals surface area contributed by atoms with Crippen molar-refractivity contribution in [2.45, 2.75) is 33.6 Å². The molecular formula is C10H16OS. The molecule has 0 aliphatic heterocycles. The number of hydrogen-bond donors (Lipinski definition) is 0. The number of rotatable bonds is 2. The van der Waals surface area contributed by atoms with Gasteiger partial charge in [0.25, 0.3) is 0 Å². The minimum Gasteiger partial charge on any atom is -0.295 e. The van der Waals surface area contributed by atoms with E-state index < -0.39 is 0 Å². The summed E-state index contributed by atoms with van der Waals surface area (Å²) in [5, 5.41) is 0. The zero-order chi connectivity index (χ0) is 9.19. The summed E-state index contributed by atoms with van der Waals surface area (Å²) in [6.45, 7) is 6.44. The Morgan fingerprint density at radius 3 is 2.67 bits per heavy atom. The van der Waals surface area contributed by atoms with Crippen LogP contribution in [0.4, 0.5) is 0 Å². The zero-order valence-electron chi connectivity index (χ0n) is 8.02. The molecule has 2 heteroatoms. The monoisotopic (exact) mass is 184 g/mol. The Bertz CT molecular complexity index is 216. The van der Waals surface area contributed by atoms with Gasteiger partial charge in [-0.25, -0.2) is 0 Å². The van der Waals surface area contributed by atoms with Crippen molar-refractivity contribution < 1.29 is 4.79 Å². The highest BCUT2D eigenvalue weighted by Gasteiger charge is 2.27. The second-order valence-electron chi connectivity index (χ2n) is 4.03. The average molecular weight is 184 g/mol. The van der Waals surface area contributed by atoms with Gasteiger partial charge in [-0.2, -0.15) is 0 Å². The van der Waals surface area contributed by atoms with E-state index in [1.54, 1.807) is 11.8 Å². The molecule has 0 aromatic heterocycles. The van der Waals surface area contributed by atoms with Crippen molar-refractivity contribution >= 4 is 17.5 Å². The summed E-state index contributed by atoms with van der Waals surface area (Å²) in [5.74, 6) is 1.36. The molecule has 1 aliphatic rings. The van der Waals surface area contributed by atoms with Crippen molar-refractivity contribution in [3.63, 3.8) is 0 Å². The maximum absolute atomic E-state index is 11.3. The first kappa shape index (κ1) is 9.85. The van der Waals surface area contributed by atoms with E-state index in [1.807, 2.05) is 6.08 Å². The summed E-state index contributed by atoms with van der Waals surface area (Å²) in [7, 11) is 0. The predicted molar refractivity (Wildman–Crippen MR) is 54.2 cm³/mol. The quantitative estimate of drug-likeness (QED) is 0.656. The Kier molecular flexibility index (Phi) is 2.99. The van der Waals surface area contributed by atoms with Crippen LogP contribution >= 0.6 is 11.8 Å². The normalized spacial score (nSPS) is 22.2. The largest absolute Gasteiger partial charge is 0.295 e. The minimum absolute atomic E-state index is 0.184. The molecule has 1 nitrogen and oxygen atoms in total. The zero-order valence-corrected chi connectivity index (χ0v) is 8.83. The molecule has 0 bridgehead atoms. The molecule has 1 rings (SSSR count).